The summed E-state index contributed by atoms with van der Waals surface area (Å²) in [5.41, 5.74) is 0.967. The number of carbonyl (C=O) groups is 2. The molecule has 0 aliphatic rings. The monoisotopic (exact) mass is 257 g/mol. The number of rotatable bonds is 5. The zero-order valence-electron chi connectivity index (χ0n) is 9.69. The van der Waals surface area contributed by atoms with Gasteiger partial charge in [0.05, 0.1) is 5.01 Å². The van der Waals surface area contributed by atoms with Crippen LogP contribution in [0.15, 0.2) is 5.38 Å². The van der Waals surface area contributed by atoms with Crippen molar-refractivity contribution in [2.24, 2.45) is 0 Å². The van der Waals surface area contributed by atoms with Gasteiger partial charge >= 0.3 is 12.0 Å². The van der Waals surface area contributed by atoms with E-state index in [0.717, 1.165) is 10.7 Å². The summed E-state index contributed by atoms with van der Waals surface area (Å²) in [7, 11) is 0. The second-order valence-corrected chi connectivity index (χ2v) is 4.54. The van der Waals surface area contributed by atoms with E-state index in [1.54, 1.807) is 11.3 Å². The molecule has 0 saturated heterocycles. The number of carboxylic acids is 1. The van der Waals surface area contributed by atoms with Crippen LogP contribution in [0.5, 0.6) is 0 Å². The first-order valence-electron chi connectivity index (χ1n) is 5.17. The molecule has 0 bridgehead atoms. The highest BCUT2D eigenvalue weighted by molar-refractivity contribution is 7.09. The van der Waals surface area contributed by atoms with Gasteiger partial charge in [-0.25, -0.2) is 9.78 Å². The molecule has 1 aromatic heterocycles. The Morgan fingerprint density at radius 1 is 1.59 bits per heavy atom. The molecule has 0 radical (unpaired) electrons. The van der Waals surface area contributed by atoms with Crippen molar-refractivity contribution in [1.29, 1.82) is 0 Å². The van der Waals surface area contributed by atoms with E-state index in [9.17, 15) is 9.59 Å². The Balaban J connectivity index is 2.22. The van der Waals surface area contributed by atoms with Crippen LogP contribution in [0.25, 0.3) is 0 Å². The van der Waals surface area contributed by atoms with Crippen molar-refractivity contribution in [3.8, 4) is 0 Å². The van der Waals surface area contributed by atoms with Crippen LogP contribution in [0.3, 0.4) is 0 Å². The first kappa shape index (κ1) is 13.4. The van der Waals surface area contributed by atoms with Crippen LogP contribution < -0.4 is 10.6 Å². The standard InChI is InChI=1S/C10H15N3O3S/c1-6-5-17-8(12-6)3-4-11-10(16)13-7(2)9(14)15/h5,7H,3-4H2,1-2H3,(H,14,15)(H2,11,13,16). The number of thiazole rings is 1. The van der Waals surface area contributed by atoms with Gasteiger partial charge in [0.1, 0.15) is 6.04 Å². The van der Waals surface area contributed by atoms with Crippen LogP contribution in [0, 0.1) is 6.92 Å². The van der Waals surface area contributed by atoms with Crippen molar-refractivity contribution < 1.29 is 14.7 Å². The number of hydrogen-bond donors (Lipinski definition) is 3. The smallest absolute Gasteiger partial charge is 0.325 e. The van der Waals surface area contributed by atoms with Crippen LogP contribution in [0.2, 0.25) is 0 Å². The fourth-order valence-electron chi connectivity index (χ4n) is 1.11. The molecule has 0 saturated carbocycles. The number of amides is 2. The van der Waals surface area contributed by atoms with Crippen LogP contribution >= 0.6 is 11.3 Å². The van der Waals surface area contributed by atoms with Crippen molar-refractivity contribution in [2.45, 2.75) is 26.3 Å². The fraction of sp³-hybridized carbons (Fsp3) is 0.500. The van der Waals surface area contributed by atoms with E-state index in [-0.39, 0.29) is 0 Å². The van der Waals surface area contributed by atoms with E-state index >= 15 is 0 Å². The molecule has 1 heterocycles. The minimum Gasteiger partial charge on any atom is -0.480 e. The average Bonchev–Trinajstić information content (AvgIpc) is 2.64. The molecule has 1 aromatic rings. The van der Waals surface area contributed by atoms with Crippen LogP contribution in [0.4, 0.5) is 4.79 Å². The number of carbonyl (C=O) groups excluding carboxylic acids is 1. The van der Waals surface area contributed by atoms with Gasteiger partial charge in [0, 0.05) is 24.0 Å². The van der Waals surface area contributed by atoms with E-state index in [4.69, 9.17) is 5.11 Å². The summed E-state index contributed by atoms with van der Waals surface area (Å²) in [6, 6.07) is -1.37. The first-order chi connectivity index (χ1) is 7.99. The summed E-state index contributed by atoms with van der Waals surface area (Å²) in [5, 5.41) is 16.4. The van der Waals surface area contributed by atoms with Crippen molar-refractivity contribution in [3.63, 3.8) is 0 Å². The Labute approximate surface area is 103 Å². The molecule has 2 amide bonds. The minimum absolute atomic E-state index is 0.436. The maximum Gasteiger partial charge on any atom is 0.325 e. The number of nitrogens with zero attached hydrogens (tertiary/aromatic N) is 1. The van der Waals surface area contributed by atoms with Gasteiger partial charge < -0.3 is 15.7 Å². The Kier molecular flexibility index (Phi) is 4.89. The molecule has 0 spiro atoms. The number of carboxylic acid groups (broad SMARTS) is 1. The normalized spacial score (nSPS) is 11.9. The number of aliphatic carboxylic acids is 1. The quantitative estimate of drug-likeness (QED) is 0.726. The SMILES string of the molecule is Cc1csc(CCNC(=O)NC(C)C(=O)O)n1. The maximum absolute atomic E-state index is 11.3. The van der Waals surface area contributed by atoms with Crippen molar-refractivity contribution in [1.82, 2.24) is 15.6 Å². The molecular formula is C10H15N3O3S. The van der Waals surface area contributed by atoms with Crippen molar-refractivity contribution in [3.05, 3.63) is 16.1 Å². The second-order valence-electron chi connectivity index (χ2n) is 3.59. The molecule has 17 heavy (non-hydrogen) atoms. The highest BCUT2D eigenvalue weighted by atomic mass is 32.1. The summed E-state index contributed by atoms with van der Waals surface area (Å²) in [6.07, 6.45) is 0.646. The molecule has 0 aromatic carbocycles. The van der Waals surface area contributed by atoms with Gasteiger partial charge in [0.2, 0.25) is 0 Å². The molecule has 6 nitrogen and oxygen atoms in total. The van der Waals surface area contributed by atoms with E-state index in [0.29, 0.717) is 13.0 Å². The molecule has 0 aliphatic carbocycles. The third kappa shape index (κ3) is 4.81. The topological polar surface area (TPSA) is 91.3 Å². The minimum atomic E-state index is -1.06. The van der Waals surface area contributed by atoms with Crippen LogP contribution in [0.1, 0.15) is 17.6 Å². The summed E-state index contributed by atoms with van der Waals surface area (Å²) >= 11 is 1.54. The molecule has 7 heteroatoms. The van der Waals surface area contributed by atoms with Gasteiger partial charge in [-0.2, -0.15) is 0 Å². The molecule has 94 valence electrons. The highest BCUT2D eigenvalue weighted by Gasteiger charge is 2.13. The Morgan fingerprint density at radius 2 is 2.29 bits per heavy atom. The van der Waals surface area contributed by atoms with Gasteiger partial charge in [-0.05, 0) is 13.8 Å². The second kappa shape index (κ2) is 6.19. The summed E-state index contributed by atoms with van der Waals surface area (Å²) in [5.74, 6) is -1.06. The third-order valence-corrected chi connectivity index (χ3v) is 3.04. The van der Waals surface area contributed by atoms with Gasteiger partial charge in [-0.3, -0.25) is 4.79 Å². The lowest BCUT2D eigenvalue weighted by molar-refractivity contribution is -0.138. The molecule has 0 fully saturated rings. The summed E-state index contributed by atoms with van der Waals surface area (Å²) in [4.78, 5) is 26.0. The molecule has 1 atom stereocenters. The first-order valence-corrected chi connectivity index (χ1v) is 6.05. The van der Waals surface area contributed by atoms with Crippen LogP contribution in [-0.2, 0) is 11.2 Å². The number of hydrogen-bond acceptors (Lipinski definition) is 4. The predicted molar refractivity (Wildman–Crippen MR) is 64.2 cm³/mol. The molecular weight excluding hydrogens is 242 g/mol. The fourth-order valence-corrected chi connectivity index (χ4v) is 1.89. The maximum atomic E-state index is 11.3. The predicted octanol–water partition coefficient (Wildman–Crippen LogP) is 0.766. The summed E-state index contributed by atoms with van der Waals surface area (Å²) in [6.45, 7) is 3.76. The lowest BCUT2D eigenvalue weighted by Crippen LogP contribution is -2.44. The zero-order chi connectivity index (χ0) is 12.8. The molecule has 0 aliphatic heterocycles. The van der Waals surface area contributed by atoms with Gasteiger partial charge in [-0.1, -0.05) is 0 Å². The highest BCUT2D eigenvalue weighted by Crippen LogP contribution is 2.08. The Bertz CT molecular complexity index is 405. The van der Waals surface area contributed by atoms with Gasteiger partial charge in [0.25, 0.3) is 0 Å². The molecule has 3 N–H and O–H groups in total. The number of aromatic nitrogens is 1. The lowest BCUT2D eigenvalue weighted by atomic mass is 10.3. The van der Waals surface area contributed by atoms with E-state index in [1.807, 2.05) is 12.3 Å². The lowest BCUT2D eigenvalue weighted by Gasteiger charge is -2.09. The summed E-state index contributed by atoms with van der Waals surface area (Å²) < 4.78 is 0. The molecule has 1 unspecified atom stereocenters. The Hall–Kier alpha value is -1.63. The number of aryl methyl sites for hydroxylation is 1. The van der Waals surface area contributed by atoms with Crippen molar-refractivity contribution in [2.75, 3.05) is 6.54 Å². The van der Waals surface area contributed by atoms with Crippen molar-refractivity contribution >= 4 is 23.3 Å². The van der Waals surface area contributed by atoms with Crippen LogP contribution in [-0.4, -0.2) is 34.7 Å². The number of urea groups is 1. The van der Waals surface area contributed by atoms with E-state index in [1.165, 1.54) is 6.92 Å². The van der Waals surface area contributed by atoms with Gasteiger partial charge in [-0.15, -0.1) is 11.3 Å². The van der Waals surface area contributed by atoms with E-state index in [2.05, 4.69) is 15.6 Å². The van der Waals surface area contributed by atoms with Gasteiger partial charge in [0.15, 0.2) is 0 Å². The number of nitrogens with one attached hydrogen (secondary N) is 2. The Morgan fingerprint density at radius 3 is 2.82 bits per heavy atom. The molecule has 1 rings (SSSR count). The zero-order valence-corrected chi connectivity index (χ0v) is 10.5. The average molecular weight is 257 g/mol. The van der Waals surface area contributed by atoms with E-state index < -0.39 is 18.0 Å². The third-order valence-electron chi connectivity index (χ3n) is 2.01. The largest absolute Gasteiger partial charge is 0.480 e.